The lowest BCUT2D eigenvalue weighted by molar-refractivity contribution is -0.140. The molecule has 0 spiro atoms. The van der Waals surface area contributed by atoms with Gasteiger partial charge in [0.1, 0.15) is 10.3 Å². The van der Waals surface area contributed by atoms with Gasteiger partial charge < -0.3 is 5.11 Å². The van der Waals surface area contributed by atoms with E-state index in [0.29, 0.717) is 4.88 Å². The summed E-state index contributed by atoms with van der Waals surface area (Å²) in [6.07, 6.45) is 2.00. The van der Waals surface area contributed by atoms with Crippen molar-refractivity contribution in [3.63, 3.8) is 0 Å². The molecule has 0 bridgehead atoms. The third-order valence-corrected chi connectivity index (χ3v) is 7.16. The zero-order valence-electron chi connectivity index (χ0n) is 14.5. The molecule has 1 heterocycles. The summed E-state index contributed by atoms with van der Waals surface area (Å²) in [5, 5.41) is 9.16. The topological polar surface area (TPSA) is 83.5 Å². The van der Waals surface area contributed by atoms with Crippen molar-refractivity contribution in [2.75, 3.05) is 6.26 Å². The van der Waals surface area contributed by atoms with Crippen molar-refractivity contribution in [2.24, 2.45) is 5.92 Å². The first-order valence-electron chi connectivity index (χ1n) is 7.74. The SMILES string of the molecule is CSc1ccc(C#Cc2ccc(S(=O)(=O)NC(C(=O)O)C(C)C)s2)cc1. The van der Waals surface area contributed by atoms with Crippen molar-refractivity contribution in [2.45, 2.75) is 29.0 Å². The van der Waals surface area contributed by atoms with Crippen molar-refractivity contribution in [3.8, 4) is 11.8 Å². The van der Waals surface area contributed by atoms with Gasteiger partial charge in [-0.05, 0) is 48.6 Å². The molecule has 1 aromatic heterocycles. The summed E-state index contributed by atoms with van der Waals surface area (Å²) < 4.78 is 27.1. The number of nitrogens with one attached hydrogen (secondary N) is 1. The Morgan fingerprint density at radius 3 is 2.35 bits per heavy atom. The maximum absolute atomic E-state index is 12.4. The summed E-state index contributed by atoms with van der Waals surface area (Å²) in [5.74, 6) is 4.37. The highest BCUT2D eigenvalue weighted by Crippen LogP contribution is 2.22. The molecule has 0 aliphatic heterocycles. The predicted octanol–water partition coefficient (Wildman–Crippen LogP) is 3.26. The molecule has 138 valence electrons. The zero-order chi connectivity index (χ0) is 19.3. The summed E-state index contributed by atoms with van der Waals surface area (Å²) in [6.45, 7) is 3.30. The van der Waals surface area contributed by atoms with Crippen LogP contribution in [0.1, 0.15) is 24.3 Å². The average Bonchev–Trinajstić information content (AvgIpc) is 3.08. The Balaban J connectivity index is 2.18. The van der Waals surface area contributed by atoms with Crippen molar-refractivity contribution in [3.05, 3.63) is 46.8 Å². The zero-order valence-corrected chi connectivity index (χ0v) is 17.0. The summed E-state index contributed by atoms with van der Waals surface area (Å²) >= 11 is 2.66. The molecule has 0 radical (unpaired) electrons. The molecule has 1 aromatic carbocycles. The van der Waals surface area contributed by atoms with Crippen molar-refractivity contribution in [1.29, 1.82) is 0 Å². The molecule has 2 aromatic rings. The Kier molecular flexibility index (Phi) is 6.89. The minimum atomic E-state index is -3.90. The highest BCUT2D eigenvalue weighted by molar-refractivity contribution is 7.98. The van der Waals surface area contributed by atoms with E-state index in [1.807, 2.05) is 30.5 Å². The fourth-order valence-electron chi connectivity index (χ4n) is 2.04. The number of rotatable bonds is 6. The first-order valence-corrected chi connectivity index (χ1v) is 11.3. The van der Waals surface area contributed by atoms with Gasteiger partial charge >= 0.3 is 5.97 Å². The minimum absolute atomic E-state index is 0.0476. The first kappa shape index (κ1) is 20.5. The molecule has 1 unspecified atom stereocenters. The molecular formula is C18H19NO4S3. The van der Waals surface area contributed by atoms with E-state index < -0.39 is 22.0 Å². The van der Waals surface area contributed by atoms with Gasteiger partial charge in [-0.15, -0.1) is 23.1 Å². The molecule has 1 atom stereocenters. The maximum atomic E-state index is 12.4. The lowest BCUT2D eigenvalue weighted by Crippen LogP contribution is -2.43. The molecular weight excluding hydrogens is 390 g/mol. The summed E-state index contributed by atoms with van der Waals surface area (Å²) in [7, 11) is -3.90. The van der Waals surface area contributed by atoms with E-state index in [9.17, 15) is 13.2 Å². The molecule has 0 aliphatic carbocycles. The number of aliphatic carboxylic acids is 1. The van der Waals surface area contributed by atoms with Crippen molar-refractivity contribution in [1.82, 2.24) is 4.72 Å². The number of thiophene rings is 1. The molecule has 8 heteroatoms. The first-order chi connectivity index (χ1) is 12.2. The molecule has 5 nitrogen and oxygen atoms in total. The van der Waals surface area contributed by atoms with Gasteiger partial charge in [0.25, 0.3) is 10.0 Å². The van der Waals surface area contributed by atoms with Gasteiger partial charge in [-0.2, -0.15) is 4.72 Å². The van der Waals surface area contributed by atoms with Gasteiger partial charge in [0.15, 0.2) is 0 Å². The number of thioether (sulfide) groups is 1. The van der Waals surface area contributed by atoms with Crippen LogP contribution in [-0.2, 0) is 14.8 Å². The Hall–Kier alpha value is -1.79. The molecule has 2 N–H and O–H groups in total. The normalized spacial score (nSPS) is 12.5. The number of sulfonamides is 1. The maximum Gasteiger partial charge on any atom is 0.322 e. The van der Waals surface area contributed by atoms with E-state index in [0.717, 1.165) is 21.8 Å². The van der Waals surface area contributed by atoms with Crippen LogP contribution in [0.15, 0.2) is 45.5 Å². The highest BCUT2D eigenvalue weighted by atomic mass is 32.2. The highest BCUT2D eigenvalue weighted by Gasteiger charge is 2.28. The fraction of sp³-hybridized carbons (Fsp3) is 0.278. The van der Waals surface area contributed by atoms with Crippen LogP contribution in [-0.4, -0.2) is 31.8 Å². The number of carboxylic acid groups (broad SMARTS) is 1. The van der Waals surface area contributed by atoms with Gasteiger partial charge in [-0.25, -0.2) is 8.42 Å². The standard InChI is InChI=1S/C18H19NO4S3/c1-12(2)17(18(20)21)19-26(22,23)16-11-10-15(25-16)9-6-13-4-7-14(24-3)8-5-13/h4-5,7-8,10-12,17,19H,1-3H3,(H,20,21). The number of benzene rings is 1. The van der Waals surface area contributed by atoms with Crippen molar-refractivity contribution < 1.29 is 18.3 Å². The number of carbonyl (C=O) groups is 1. The van der Waals surface area contributed by atoms with E-state index in [1.54, 1.807) is 31.7 Å². The van der Waals surface area contributed by atoms with Gasteiger partial charge in [-0.3, -0.25) is 4.79 Å². The summed E-state index contributed by atoms with van der Waals surface area (Å²) in [6, 6.07) is 9.64. The Bertz CT molecular complexity index is 935. The lowest BCUT2D eigenvalue weighted by atomic mass is 10.1. The third kappa shape index (κ3) is 5.35. The van der Waals surface area contributed by atoms with Crippen LogP contribution in [0.4, 0.5) is 0 Å². The van der Waals surface area contributed by atoms with Crippen LogP contribution in [0.3, 0.4) is 0 Å². The van der Waals surface area contributed by atoms with Crippen molar-refractivity contribution >= 4 is 39.1 Å². The third-order valence-electron chi connectivity index (χ3n) is 3.48. The Morgan fingerprint density at radius 1 is 1.15 bits per heavy atom. The van der Waals surface area contributed by atoms with E-state index in [4.69, 9.17) is 5.11 Å². The molecule has 0 saturated heterocycles. The average molecular weight is 410 g/mol. The predicted molar refractivity (Wildman–Crippen MR) is 105 cm³/mol. The summed E-state index contributed by atoms with van der Waals surface area (Å²) in [4.78, 5) is 12.9. The molecule has 0 fully saturated rings. The number of hydrogen-bond donors (Lipinski definition) is 2. The monoisotopic (exact) mass is 409 g/mol. The Morgan fingerprint density at radius 2 is 1.81 bits per heavy atom. The number of carboxylic acids is 1. The van der Waals surface area contributed by atoms with E-state index >= 15 is 0 Å². The fourth-order valence-corrected chi connectivity index (χ4v) is 4.96. The molecule has 0 aliphatic rings. The lowest BCUT2D eigenvalue weighted by Gasteiger charge is -2.17. The van der Waals surface area contributed by atoms with Crippen LogP contribution < -0.4 is 4.72 Å². The second-order valence-corrected chi connectivity index (χ2v) is 9.68. The van der Waals surface area contributed by atoms with Gasteiger partial charge in [0.2, 0.25) is 0 Å². The van der Waals surface area contributed by atoms with Crippen LogP contribution in [0.2, 0.25) is 0 Å². The van der Waals surface area contributed by atoms with Gasteiger partial charge in [0.05, 0.1) is 4.88 Å². The molecule has 2 rings (SSSR count). The van der Waals surface area contributed by atoms with Crippen LogP contribution in [0.25, 0.3) is 0 Å². The molecule has 0 amide bonds. The van der Waals surface area contributed by atoms with E-state index in [1.165, 1.54) is 6.07 Å². The van der Waals surface area contributed by atoms with E-state index in [2.05, 4.69) is 16.6 Å². The second-order valence-electron chi connectivity index (χ2n) is 5.78. The summed E-state index contributed by atoms with van der Waals surface area (Å²) in [5.41, 5.74) is 0.837. The molecule has 0 saturated carbocycles. The largest absolute Gasteiger partial charge is 0.480 e. The quantitative estimate of drug-likeness (QED) is 0.565. The minimum Gasteiger partial charge on any atom is -0.480 e. The van der Waals surface area contributed by atoms with Gasteiger partial charge in [0, 0.05) is 10.5 Å². The van der Waals surface area contributed by atoms with Crippen LogP contribution in [0.5, 0.6) is 0 Å². The smallest absolute Gasteiger partial charge is 0.322 e. The second kappa shape index (κ2) is 8.73. The van der Waals surface area contributed by atoms with Crippen LogP contribution >= 0.6 is 23.1 Å². The molecule has 26 heavy (non-hydrogen) atoms. The van der Waals surface area contributed by atoms with E-state index in [-0.39, 0.29) is 10.1 Å². The number of hydrogen-bond acceptors (Lipinski definition) is 5. The van der Waals surface area contributed by atoms with Crippen LogP contribution in [0, 0.1) is 17.8 Å². The Labute approximate surface area is 161 Å². The van der Waals surface area contributed by atoms with Gasteiger partial charge in [-0.1, -0.05) is 25.7 Å².